The summed E-state index contributed by atoms with van der Waals surface area (Å²) >= 11 is 0. The molecule has 134 valence electrons. The van der Waals surface area contributed by atoms with E-state index in [1.807, 2.05) is 35.4 Å². The van der Waals surface area contributed by atoms with E-state index < -0.39 is 6.04 Å². The summed E-state index contributed by atoms with van der Waals surface area (Å²) in [7, 11) is 0. The molecule has 26 heavy (non-hydrogen) atoms. The SMILES string of the molecule is O=C(N[C@H](Cc1c[nH]c2ccccc12)C(=O)N1CCCC1)c1ccco1. The number of carbonyl (C=O) groups is 2. The summed E-state index contributed by atoms with van der Waals surface area (Å²) in [6, 6.07) is 10.6. The van der Waals surface area contributed by atoms with E-state index in [1.165, 1.54) is 6.26 Å². The van der Waals surface area contributed by atoms with Crippen LogP contribution in [0.4, 0.5) is 0 Å². The van der Waals surface area contributed by atoms with Gasteiger partial charge in [-0.05, 0) is 36.6 Å². The minimum atomic E-state index is -0.620. The van der Waals surface area contributed by atoms with Crippen LogP contribution < -0.4 is 5.32 Å². The monoisotopic (exact) mass is 351 g/mol. The molecule has 0 spiro atoms. The van der Waals surface area contributed by atoms with Gasteiger partial charge >= 0.3 is 0 Å². The van der Waals surface area contributed by atoms with E-state index in [2.05, 4.69) is 10.3 Å². The number of benzene rings is 1. The zero-order valence-electron chi connectivity index (χ0n) is 14.4. The fourth-order valence-corrected chi connectivity index (χ4v) is 3.52. The predicted octanol–water partition coefficient (Wildman–Crippen LogP) is 2.72. The first-order chi connectivity index (χ1) is 12.7. The Hall–Kier alpha value is -3.02. The molecule has 0 bridgehead atoms. The van der Waals surface area contributed by atoms with Crippen molar-refractivity contribution < 1.29 is 14.0 Å². The molecule has 1 atom stereocenters. The van der Waals surface area contributed by atoms with Crippen molar-refractivity contribution in [1.82, 2.24) is 15.2 Å². The van der Waals surface area contributed by atoms with Gasteiger partial charge in [0.1, 0.15) is 6.04 Å². The van der Waals surface area contributed by atoms with Gasteiger partial charge in [0.2, 0.25) is 5.91 Å². The Kier molecular flexibility index (Phi) is 4.48. The molecule has 1 saturated heterocycles. The average Bonchev–Trinajstić information content (AvgIpc) is 3.41. The van der Waals surface area contributed by atoms with Gasteiger partial charge in [0, 0.05) is 36.6 Å². The van der Waals surface area contributed by atoms with Gasteiger partial charge in [-0.15, -0.1) is 0 Å². The van der Waals surface area contributed by atoms with Crippen LogP contribution in [0.15, 0.2) is 53.3 Å². The van der Waals surface area contributed by atoms with Crippen LogP contribution in [0.2, 0.25) is 0 Å². The zero-order valence-corrected chi connectivity index (χ0v) is 14.4. The van der Waals surface area contributed by atoms with Crippen LogP contribution >= 0.6 is 0 Å². The number of hydrogen-bond donors (Lipinski definition) is 2. The first-order valence-electron chi connectivity index (χ1n) is 8.90. The lowest BCUT2D eigenvalue weighted by Gasteiger charge is -2.23. The van der Waals surface area contributed by atoms with E-state index in [9.17, 15) is 9.59 Å². The number of carbonyl (C=O) groups excluding carboxylic acids is 2. The zero-order chi connectivity index (χ0) is 17.9. The Morgan fingerprint density at radius 2 is 1.96 bits per heavy atom. The van der Waals surface area contributed by atoms with Crippen molar-refractivity contribution in [2.75, 3.05) is 13.1 Å². The molecule has 2 N–H and O–H groups in total. The second-order valence-corrected chi connectivity index (χ2v) is 6.60. The fourth-order valence-electron chi connectivity index (χ4n) is 3.52. The highest BCUT2D eigenvalue weighted by molar-refractivity contribution is 5.96. The van der Waals surface area contributed by atoms with Gasteiger partial charge in [-0.3, -0.25) is 9.59 Å². The molecular formula is C20H21N3O3. The molecule has 6 nitrogen and oxygen atoms in total. The van der Waals surface area contributed by atoms with Crippen molar-refractivity contribution in [3.8, 4) is 0 Å². The van der Waals surface area contributed by atoms with Crippen molar-refractivity contribution in [2.45, 2.75) is 25.3 Å². The van der Waals surface area contributed by atoms with Crippen LogP contribution in [-0.2, 0) is 11.2 Å². The number of furan rings is 1. The molecule has 6 heteroatoms. The fraction of sp³-hybridized carbons (Fsp3) is 0.300. The number of fused-ring (bicyclic) bond motifs is 1. The van der Waals surface area contributed by atoms with E-state index in [4.69, 9.17) is 4.42 Å². The summed E-state index contributed by atoms with van der Waals surface area (Å²) in [4.78, 5) is 30.5. The van der Waals surface area contributed by atoms with Crippen LogP contribution in [0.5, 0.6) is 0 Å². The van der Waals surface area contributed by atoms with E-state index in [0.717, 1.165) is 42.4 Å². The van der Waals surface area contributed by atoms with Crippen molar-refractivity contribution in [1.29, 1.82) is 0 Å². The third-order valence-corrected chi connectivity index (χ3v) is 4.87. The number of aromatic amines is 1. The number of likely N-dealkylation sites (tertiary alicyclic amines) is 1. The number of rotatable bonds is 5. The van der Waals surface area contributed by atoms with Gasteiger partial charge in [-0.25, -0.2) is 0 Å². The minimum Gasteiger partial charge on any atom is -0.459 e. The van der Waals surface area contributed by atoms with Crippen LogP contribution in [0, 0.1) is 0 Å². The van der Waals surface area contributed by atoms with Crippen molar-refractivity contribution in [3.63, 3.8) is 0 Å². The maximum Gasteiger partial charge on any atom is 0.287 e. The molecule has 3 aromatic rings. The highest BCUT2D eigenvalue weighted by atomic mass is 16.3. The summed E-state index contributed by atoms with van der Waals surface area (Å²) in [5, 5.41) is 3.93. The molecule has 1 aromatic carbocycles. The first-order valence-corrected chi connectivity index (χ1v) is 8.90. The number of nitrogens with one attached hydrogen (secondary N) is 2. The molecule has 2 aromatic heterocycles. The quantitative estimate of drug-likeness (QED) is 0.742. The normalized spacial score (nSPS) is 15.3. The molecule has 4 rings (SSSR count). The van der Waals surface area contributed by atoms with E-state index in [1.54, 1.807) is 12.1 Å². The standard InChI is InChI=1S/C20H21N3O3/c24-19(18-8-5-11-26-18)22-17(20(25)23-9-3-4-10-23)12-14-13-21-16-7-2-1-6-15(14)16/h1-2,5-8,11,13,17,21H,3-4,9-10,12H2,(H,22,24)/t17-/m1/s1. The molecular weight excluding hydrogens is 330 g/mol. The minimum absolute atomic E-state index is 0.0345. The molecule has 0 aliphatic carbocycles. The summed E-state index contributed by atoms with van der Waals surface area (Å²) in [6.45, 7) is 1.50. The molecule has 1 aliphatic heterocycles. The molecule has 0 unspecified atom stereocenters. The van der Waals surface area contributed by atoms with Crippen LogP contribution in [-0.4, -0.2) is 40.8 Å². The Labute approximate surface area is 151 Å². The molecule has 3 heterocycles. The molecule has 1 fully saturated rings. The second kappa shape index (κ2) is 7.07. The van der Waals surface area contributed by atoms with Crippen LogP contribution in [0.1, 0.15) is 29.0 Å². The number of aromatic nitrogens is 1. The summed E-state index contributed by atoms with van der Waals surface area (Å²) in [5.74, 6) is -0.191. The largest absolute Gasteiger partial charge is 0.459 e. The Morgan fingerprint density at radius 3 is 2.73 bits per heavy atom. The van der Waals surface area contributed by atoms with E-state index in [0.29, 0.717) is 6.42 Å². The van der Waals surface area contributed by atoms with Gasteiger partial charge < -0.3 is 19.6 Å². The smallest absolute Gasteiger partial charge is 0.287 e. The predicted molar refractivity (Wildman–Crippen MR) is 97.8 cm³/mol. The van der Waals surface area contributed by atoms with Crippen molar-refractivity contribution in [2.24, 2.45) is 0 Å². The average molecular weight is 351 g/mol. The Bertz CT molecular complexity index is 907. The lowest BCUT2D eigenvalue weighted by Crippen LogP contribution is -2.48. The lowest BCUT2D eigenvalue weighted by atomic mass is 10.0. The third kappa shape index (κ3) is 3.22. The van der Waals surface area contributed by atoms with E-state index in [-0.39, 0.29) is 17.6 Å². The Balaban J connectivity index is 1.59. The molecule has 0 radical (unpaired) electrons. The molecule has 0 saturated carbocycles. The van der Waals surface area contributed by atoms with Gasteiger partial charge in [-0.1, -0.05) is 18.2 Å². The molecule has 1 aliphatic rings. The summed E-state index contributed by atoms with van der Waals surface area (Å²) < 4.78 is 5.16. The number of H-pyrrole nitrogens is 1. The second-order valence-electron chi connectivity index (χ2n) is 6.60. The van der Waals surface area contributed by atoms with Gasteiger partial charge in [-0.2, -0.15) is 0 Å². The topological polar surface area (TPSA) is 78.3 Å². The van der Waals surface area contributed by atoms with Gasteiger partial charge in [0.15, 0.2) is 5.76 Å². The number of para-hydroxylation sites is 1. The summed E-state index contributed by atoms with van der Waals surface area (Å²) in [5.41, 5.74) is 2.03. The maximum atomic E-state index is 13.0. The van der Waals surface area contributed by atoms with Gasteiger partial charge in [0.05, 0.1) is 6.26 Å². The maximum absolute atomic E-state index is 13.0. The van der Waals surface area contributed by atoms with Crippen molar-refractivity contribution in [3.05, 3.63) is 60.2 Å². The highest BCUT2D eigenvalue weighted by Crippen LogP contribution is 2.20. The number of amides is 2. The third-order valence-electron chi connectivity index (χ3n) is 4.87. The molecule has 2 amide bonds. The van der Waals surface area contributed by atoms with Gasteiger partial charge in [0.25, 0.3) is 5.91 Å². The first kappa shape index (κ1) is 16.4. The van der Waals surface area contributed by atoms with E-state index >= 15 is 0 Å². The number of nitrogens with zero attached hydrogens (tertiary/aromatic N) is 1. The summed E-state index contributed by atoms with van der Waals surface area (Å²) in [6.07, 6.45) is 5.82. The highest BCUT2D eigenvalue weighted by Gasteiger charge is 2.29. The van der Waals surface area contributed by atoms with Crippen LogP contribution in [0.3, 0.4) is 0 Å². The van der Waals surface area contributed by atoms with Crippen LogP contribution in [0.25, 0.3) is 10.9 Å². The van der Waals surface area contributed by atoms with Crippen molar-refractivity contribution >= 4 is 22.7 Å². The number of hydrogen-bond acceptors (Lipinski definition) is 3. The lowest BCUT2D eigenvalue weighted by molar-refractivity contribution is -0.132. The Morgan fingerprint density at radius 1 is 1.15 bits per heavy atom.